The Balaban J connectivity index is 1.51. The van der Waals surface area contributed by atoms with Gasteiger partial charge in [0.15, 0.2) is 5.11 Å². The first kappa shape index (κ1) is 23.2. The summed E-state index contributed by atoms with van der Waals surface area (Å²) in [4.78, 5) is 30.1. The second kappa shape index (κ2) is 9.96. The number of carbonyl (C=O) groups excluding carboxylic acids is 1. The molecular formula is C26H22N6O3S. The standard InChI is InChI=1S/C26H22N6O3S/c33-23(28-18-7-2-1-3-8-18)17-31-25(24(29-26(31)36)21-9-4-5-15-27-21)22-10-6-16-30(22)19-11-13-20(14-12-19)32(34)35/h1-16,24-25H,17H2,(H,28,33)(H,29,36)/t24-,25-/m1/s1. The molecular weight excluding hydrogens is 476 g/mol. The molecule has 1 saturated heterocycles. The van der Waals surface area contributed by atoms with Gasteiger partial charge in [-0.25, -0.2) is 0 Å². The van der Waals surface area contributed by atoms with Crippen LogP contribution < -0.4 is 10.6 Å². The normalized spacial score (nSPS) is 17.0. The fourth-order valence-electron chi connectivity index (χ4n) is 4.38. The lowest BCUT2D eigenvalue weighted by Crippen LogP contribution is -2.37. The molecule has 10 heteroatoms. The number of thiocarbonyl (C=S) groups is 1. The van der Waals surface area contributed by atoms with Crippen molar-refractivity contribution in [2.75, 3.05) is 11.9 Å². The summed E-state index contributed by atoms with van der Waals surface area (Å²) < 4.78 is 1.95. The molecule has 1 amide bonds. The van der Waals surface area contributed by atoms with E-state index < -0.39 is 4.92 Å². The summed E-state index contributed by atoms with van der Waals surface area (Å²) in [6.45, 7) is 0.0279. The summed E-state index contributed by atoms with van der Waals surface area (Å²) in [5, 5.41) is 17.8. The number of pyridine rings is 1. The zero-order valence-electron chi connectivity index (χ0n) is 19.0. The minimum atomic E-state index is -0.427. The average molecular weight is 499 g/mol. The molecule has 0 unspecified atom stereocenters. The number of aromatic nitrogens is 2. The molecule has 0 saturated carbocycles. The van der Waals surface area contributed by atoms with Crippen LogP contribution in [0, 0.1) is 10.1 Å². The molecule has 9 nitrogen and oxygen atoms in total. The summed E-state index contributed by atoms with van der Waals surface area (Å²) >= 11 is 5.68. The first-order valence-electron chi connectivity index (χ1n) is 11.3. The van der Waals surface area contributed by atoms with Crippen LogP contribution in [0.15, 0.2) is 97.3 Å². The van der Waals surface area contributed by atoms with Gasteiger partial charge in [-0.1, -0.05) is 24.3 Å². The van der Waals surface area contributed by atoms with Crippen LogP contribution in [0.3, 0.4) is 0 Å². The zero-order valence-corrected chi connectivity index (χ0v) is 19.8. The monoisotopic (exact) mass is 498 g/mol. The topological polar surface area (TPSA) is 105 Å². The van der Waals surface area contributed by atoms with Crippen LogP contribution in [0.4, 0.5) is 11.4 Å². The first-order valence-corrected chi connectivity index (χ1v) is 11.7. The summed E-state index contributed by atoms with van der Waals surface area (Å²) in [7, 11) is 0. The van der Waals surface area contributed by atoms with Crippen molar-refractivity contribution in [2.24, 2.45) is 0 Å². The fourth-order valence-corrected chi connectivity index (χ4v) is 4.68. The Morgan fingerprint density at radius 1 is 1.03 bits per heavy atom. The number of hydrogen-bond acceptors (Lipinski definition) is 5. The van der Waals surface area contributed by atoms with E-state index in [0.717, 1.165) is 17.1 Å². The van der Waals surface area contributed by atoms with Crippen LogP contribution in [0.1, 0.15) is 23.5 Å². The van der Waals surface area contributed by atoms with Crippen molar-refractivity contribution in [2.45, 2.75) is 12.1 Å². The largest absolute Gasteiger partial charge is 0.352 e. The van der Waals surface area contributed by atoms with E-state index in [-0.39, 0.29) is 30.2 Å². The number of rotatable bonds is 7. The van der Waals surface area contributed by atoms with Crippen LogP contribution in [-0.4, -0.2) is 36.9 Å². The highest BCUT2D eigenvalue weighted by Gasteiger charge is 2.42. The van der Waals surface area contributed by atoms with Crippen LogP contribution in [0.25, 0.3) is 5.69 Å². The summed E-state index contributed by atoms with van der Waals surface area (Å²) in [6, 6.07) is 24.4. The Labute approximate surface area is 212 Å². The zero-order chi connectivity index (χ0) is 25.1. The van der Waals surface area contributed by atoms with Crippen molar-refractivity contribution < 1.29 is 9.72 Å². The quantitative estimate of drug-likeness (QED) is 0.221. The number of hydrogen-bond donors (Lipinski definition) is 2. The number of nitro benzene ring substituents is 1. The van der Waals surface area contributed by atoms with E-state index in [4.69, 9.17) is 12.2 Å². The fraction of sp³-hybridized carbons (Fsp3) is 0.115. The van der Waals surface area contributed by atoms with Gasteiger partial charge in [0.2, 0.25) is 5.91 Å². The van der Waals surface area contributed by atoms with Crippen molar-refractivity contribution in [1.29, 1.82) is 0 Å². The molecule has 2 aromatic heterocycles. The molecule has 5 rings (SSSR count). The summed E-state index contributed by atoms with van der Waals surface area (Å²) in [5.74, 6) is -0.203. The highest BCUT2D eigenvalue weighted by atomic mass is 32.1. The number of para-hydroxylation sites is 1. The number of nitrogens with zero attached hydrogens (tertiary/aromatic N) is 4. The van der Waals surface area contributed by atoms with Gasteiger partial charge in [-0.2, -0.15) is 0 Å². The van der Waals surface area contributed by atoms with E-state index >= 15 is 0 Å². The van der Waals surface area contributed by atoms with Crippen LogP contribution in [0.5, 0.6) is 0 Å². The molecule has 2 N–H and O–H groups in total. The Morgan fingerprint density at radius 3 is 2.47 bits per heavy atom. The molecule has 1 fully saturated rings. The van der Waals surface area contributed by atoms with Gasteiger partial charge >= 0.3 is 0 Å². The molecule has 1 aliphatic rings. The average Bonchev–Trinajstić information content (AvgIpc) is 3.50. The van der Waals surface area contributed by atoms with Crippen molar-refractivity contribution in [1.82, 2.24) is 19.8 Å². The molecule has 0 aliphatic carbocycles. The van der Waals surface area contributed by atoms with E-state index in [1.54, 1.807) is 18.3 Å². The van der Waals surface area contributed by atoms with Crippen molar-refractivity contribution >= 4 is 34.6 Å². The Hall–Kier alpha value is -4.57. The maximum absolute atomic E-state index is 13.0. The predicted octanol–water partition coefficient (Wildman–Crippen LogP) is 4.39. The third kappa shape index (κ3) is 4.66. The third-order valence-electron chi connectivity index (χ3n) is 5.99. The third-order valence-corrected chi connectivity index (χ3v) is 6.34. The number of amides is 1. The number of anilines is 1. The predicted molar refractivity (Wildman–Crippen MR) is 140 cm³/mol. The molecule has 0 bridgehead atoms. The second-order valence-corrected chi connectivity index (χ2v) is 8.63. The first-order chi connectivity index (χ1) is 17.5. The molecule has 0 spiro atoms. The van der Waals surface area contributed by atoms with E-state index in [2.05, 4.69) is 15.6 Å². The van der Waals surface area contributed by atoms with Crippen LogP contribution in [-0.2, 0) is 4.79 Å². The second-order valence-electron chi connectivity index (χ2n) is 8.25. The van der Waals surface area contributed by atoms with Crippen molar-refractivity contribution in [3.05, 3.63) is 119 Å². The smallest absolute Gasteiger partial charge is 0.269 e. The molecule has 3 heterocycles. The summed E-state index contributed by atoms with van der Waals surface area (Å²) in [6.07, 6.45) is 3.60. The van der Waals surface area contributed by atoms with Crippen molar-refractivity contribution in [3.63, 3.8) is 0 Å². The van der Waals surface area contributed by atoms with E-state index in [9.17, 15) is 14.9 Å². The molecule has 2 atom stereocenters. The van der Waals surface area contributed by atoms with Gasteiger partial charge < -0.3 is 20.1 Å². The number of nitro groups is 1. The maximum Gasteiger partial charge on any atom is 0.269 e. The SMILES string of the molecule is O=C(CN1C(=S)N[C@H](c2ccccn2)[C@H]1c1cccn1-c1ccc([N+](=O)[O-])cc1)Nc1ccccc1. The molecule has 180 valence electrons. The minimum absolute atomic E-state index is 0.0155. The lowest BCUT2D eigenvalue weighted by Gasteiger charge is -2.28. The Kier molecular flexibility index (Phi) is 6.42. The molecule has 0 radical (unpaired) electrons. The van der Waals surface area contributed by atoms with Gasteiger partial charge in [-0.05, 0) is 60.7 Å². The summed E-state index contributed by atoms with van der Waals surface area (Å²) in [5.41, 5.74) is 3.12. The lowest BCUT2D eigenvalue weighted by molar-refractivity contribution is -0.384. The molecule has 1 aliphatic heterocycles. The minimum Gasteiger partial charge on any atom is -0.352 e. The van der Waals surface area contributed by atoms with Gasteiger partial charge in [-0.3, -0.25) is 19.9 Å². The van der Waals surface area contributed by atoms with E-state index in [1.165, 1.54) is 12.1 Å². The highest BCUT2D eigenvalue weighted by molar-refractivity contribution is 7.80. The number of carbonyl (C=O) groups is 1. The highest BCUT2D eigenvalue weighted by Crippen LogP contribution is 2.39. The maximum atomic E-state index is 13.0. The molecule has 4 aromatic rings. The van der Waals surface area contributed by atoms with Gasteiger partial charge in [0.25, 0.3) is 5.69 Å². The van der Waals surface area contributed by atoms with E-state index in [1.807, 2.05) is 76.3 Å². The number of benzene rings is 2. The molecule has 36 heavy (non-hydrogen) atoms. The van der Waals surface area contributed by atoms with Gasteiger partial charge in [-0.15, -0.1) is 0 Å². The number of non-ortho nitro benzene ring substituents is 1. The van der Waals surface area contributed by atoms with Crippen LogP contribution in [0.2, 0.25) is 0 Å². The van der Waals surface area contributed by atoms with Gasteiger partial charge in [0.1, 0.15) is 6.54 Å². The van der Waals surface area contributed by atoms with Gasteiger partial charge in [0.05, 0.1) is 22.7 Å². The van der Waals surface area contributed by atoms with E-state index in [0.29, 0.717) is 10.8 Å². The van der Waals surface area contributed by atoms with Crippen LogP contribution >= 0.6 is 12.2 Å². The lowest BCUT2D eigenvalue weighted by atomic mass is 10.0. The molecule has 2 aromatic carbocycles. The van der Waals surface area contributed by atoms with Crippen molar-refractivity contribution in [3.8, 4) is 5.69 Å². The Bertz CT molecular complexity index is 1390. The van der Waals surface area contributed by atoms with Gasteiger partial charge in [0, 0.05) is 41.6 Å². The number of nitrogens with one attached hydrogen (secondary N) is 2. The Morgan fingerprint density at radius 2 is 1.78 bits per heavy atom.